The standard InChI is InChI=1S/C13H14ClN3/c1-9-4-5-11(10(2)8-9)17(3)12-6-7-15-13(14)16-12/h4-8H,1-3H3. The molecular weight excluding hydrogens is 234 g/mol. The minimum Gasteiger partial charge on any atom is -0.329 e. The Bertz CT molecular complexity index is 540. The molecule has 0 atom stereocenters. The van der Waals surface area contributed by atoms with Gasteiger partial charge in [-0.1, -0.05) is 17.7 Å². The van der Waals surface area contributed by atoms with Gasteiger partial charge in [0, 0.05) is 18.9 Å². The van der Waals surface area contributed by atoms with Gasteiger partial charge in [0.1, 0.15) is 5.82 Å². The largest absolute Gasteiger partial charge is 0.329 e. The van der Waals surface area contributed by atoms with Gasteiger partial charge in [-0.25, -0.2) is 9.97 Å². The summed E-state index contributed by atoms with van der Waals surface area (Å²) in [4.78, 5) is 10.1. The predicted octanol–water partition coefficient (Wildman–Crippen LogP) is 3.51. The molecule has 17 heavy (non-hydrogen) atoms. The summed E-state index contributed by atoms with van der Waals surface area (Å²) in [6.45, 7) is 4.17. The smallest absolute Gasteiger partial charge is 0.224 e. The van der Waals surface area contributed by atoms with Gasteiger partial charge in [-0.2, -0.15) is 0 Å². The molecule has 0 aliphatic carbocycles. The highest BCUT2D eigenvalue weighted by atomic mass is 35.5. The molecule has 0 bridgehead atoms. The number of halogens is 1. The van der Waals surface area contributed by atoms with Gasteiger partial charge >= 0.3 is 0 Å². The van der Waals surface area contributed by atoms with Crippen LogP contribution in [0.4, 0.5) is 11.5 Å². The van der Waals surface area contributed by atoms with Crippen molar-refractivity contribution >= 4 is 23.1 Å². The topological polar surface area (TPSA) is 29.0 Å². The first-order valence-corrected chi connectivity index (χ1v) is 5.75. The van der Waals surface area contributed by atoms with Gasteiger partial charge in [-0.05, 0) is 43.1 Å². The van der Waals surface area contributed by atoms with Crippen molar-refractivity contribution in [3.8, 4) is 0 Å². The average Bonchev–Trinajstić information content (AvgIpc) is 2.28. The summed E-state index contributed by atoms with van der Waals surface area (Å²) in [5.74, 6) is 0.789. The second-order valence-corrected chi connectivity index (χ2v) is 4.37. The number of anilines is 2. The van der Waals surface area contributed by atoms with Gasteiger partial charge in [0.05, 0.1) is 0 Å². The first-order valence-electron chi connectivity index (χ1n) is 5.37. The molecule has 3 nitrogen and oxygen atoms in total. The quantitative estimate of drug-likeness (QED) is 0.761. The van der Waals surface area contributed by atoms with E-state index in [0.29, 0.717) is 0 Å². The van der Waals surface area contributed by atoms with Crippen LogP contribution in [0.2, 0.25) is 5.28 Å². The Kier molecular flexibility index (Phi) is 3.29. The Morgan fingerprint density at radius 3 is 2.59 bits per heavy atom. The molecule has 4 heteroatoms. The van der Waals surface area contributed by atoms with Crippen molar-refractivity contribution in [1.29, 1.82) is 0 Å². The number of rotatable bonds is 2. The van der Waals surface area contributed by atoms with E-state index in [1.54, 1.807) is 6.20 Å². The van der Waals surface area contributed by atoms with E-state index >= 15 is 0 Å². The van der Waals surface area contributed by atoms with Crippen molar-refractivity contribution in [2.75, 3.05) is 11.9 Å². The second kappa shape index (κ2) is 4.72. The van der Waals surface area contributed by atoms with Gasteiger partial charge in [0.15, 0.2) is 0 Å². The molecule has 0 spiro atoms. The molecule has 0 saturated carbocycles. The van der Waals surface area contributed by atoms with Crippen molar-refractivity contribution in [3.05, 3.63) is 46.9 Å². The lowest BCUT2D eigenvalue weighted by Gasteiger charge is -2.20. The summed E-state index contributed by atoms with van der Waals surface area (Å²) in [5.41, 5.74) is 3.58. The Balaban J connectivity index is 2.40. The minimum atomic E-state index is 0.263. The second-order valence-electron chi connectivity index (χ2n) is 4.03. The summed E-state index contributed by atoms with van der Waals surface area (Å²) in [7, 11) is 1.97. The zero-order valence-electron chi connectivity index (χ0n) is 10.1. The Labute approximate surface area is 106 Å². The van der Waals surface area contributed by atoms with Crippen LogP contribution in [0.15, 0.2) is 30.5 Å². The fourth-order valence-corrected chi connectivity index (χ4v) is 1.96. The molecule has 0 aliphatic rings. The molecule has 1 aromatic heterocycles. The maximum atomic E-state index is 5.79. The maximum Gasteiger partial charge on any atom is 0.224 e. The van der Waals surface area contributed by atoms with Crippen molar-refractivity contribution in [2.24, 2.45) is 0 Å². The fourth-order valence-electron chi connectivity index (χ4n) is 1.82. The summed E-state index contributed by atoms with van der Waals surface area (Å²) >= 11 is 5.79. The highest BCUT2D eigenvalue weighted by molar-refractivity contribution is 6.28. The number of nitrogens with zero attached hydrogens (tertiary/aromatic N) is 3. The number of aryl methyl sites for hydroxylation is 2. The number of aromatic nitrogens is 2. The number of benzene rings is 1. The van der Waals surface area contributed by atoms with Crippen LogP contribution in [0.25, 0.3) is 0 Å². The van der Waals surface area contributed by atoms with E-state index in [2.05, 4.69) is 42.0 Å². The van der Waals surface area contributed by atoms with E-state index in [-0.39, 0.29) is 5.28 Å². The Morgan fingerprint density at radius 2 is 1.94 bits per heavy atom. The zero-order valence-corrected chi connectivity index (χ0v) is 10.9. The number of hydrogen-bond donors (Lipinski definition) is 0. The van der Waals surface area contributed by atoms with Crippen LogP contribution < -0.4 is 4.90 Å². The van der Waals surface area contributed by atoms with E-state index in [1.165, 1.54) is 11.1 Å². The first kappa shape index (κ1) is 11.9. The molecule has 2 aromatic rings. The lowest BCUT2D eigenvalue weighted by atomic mass is 10.1. The van der Waals surface area contributed by atoms with E-state index in [1.807, 2.05) is 18.0 Å². The SMILES string of the molecule is Cc1ccc(N(C)c2ccnc(Cl)n2)c(C)c1. The van der Waals surface area contributed by atoms with E-state index in [0.717, 1.165) is 11.5 Å². The van der Waals surface area contributed by atoms with Crippen LogP contribution in [-0.2, 0) is 0 Å². The van der Waals surface area contributed by atoms with Gasteiger partial charge in [-0.15, -0.1) is 0 Å². The van der Waals surface area contributed by atoms with Crippen LogP contribution in [-0.4, -0.2) is 17.0 Å². The van der Waals surface area contributed by atoms with Crippen molar-refractivity contribution in [3.63, 3.8) is 0 Å². The molecular formula is C13H14ClN3. The molecule has 0 radical (unpaired) electrons. The van der Waals surface area contributed by atoms with Crippen molar-refractivity contribution in [1.82, 2.24) is 9.97 Å². The summed E-state index contributed by atoms with van der Waals surface area (Å²) in [6, 6.07) is 8.15. The molecule has 0 N–H and O–H groups in total. The van der Waals surface area contributed by atoms with Gasteiger partial charge in [-0.3, -0.25) is 0 Å². The summed E-state index contributed by atoms with van der Waals surface area (Å²) in [6.07, 6.45) is 1.66. The van der Waals surface area contributed by atoms with Crippen LogP contribution in [0.1, 0.15) is 11.1 Å². The van der Waals surface area contributed by atoms with Gasteiger partial charge < -0.3 is 4.90 Å². The summed E-state index contributed by atoms with van der Waals surface area (Å²) in [5, 5.41) is 0.263. The lowest BCUT2D eigenvalue weighted by molar-refractivity contribution is 1.07. The molecule has 1 aromatic carbocycles. The van der Waals surface area contributed by atoms with E-state index in [4.69, 9.17) is 11.6 Å². The fraction of sp³-hybridized carbons (Fsp3) is 0.231. The minimum absolute atomic E-state index is 0.263. The van der Waals surface area contributed by atoms with Crippen molar-refractivity contribution < 1.29 is 0 Å². The molecule has 88 valence electrons. The lowest BCUT2D eigenvalue weighted by Crippen LogP contribution is -2.12. The zero-order chi connectivity index (χ0) is 12.4. The van der Waals surface area contributed by atoms with Crippen LogP contribution in [0.3, 0.4) is 0 Å². The third-order valence-electron chi connectivity index (χ3n) is 2.67. The molecule has 1 heterocycles. The molecule has 0 unspecified atom stereocenters. The van der Waals surface area contributed by atoms with Crippen LogP contribution >= 0.6 is 11.6 Å². The summed E-state index contributed by atoms with van der Waals surface area (Å²) < 4.78 is 0. The predicted molar refractivity (Wildman–Crippen MR) is 71.0 cm³/mol. The Hall–Kier alpha value is -1.61. The molecule has 0 saturated heterocycles. The van der Waals surface area contributed by atoms with E-state index < -0.39 is 0 Å². The van der Waals surface area contributed by atoms with Gasteiger partial charge in [0.25, 0.3) is 0 Å². The molecule has 0 aliphatic heterocycles. The normalized spacial score (nSPS) is 10.4. The molecule has 0 fully saturated rings. The van der Waals surface area contributed by atoms with Crippen molar-refractivity contribution in [2.45, 2.75) is 13.8 Å². The molecule has 0 amide bonds. The van der Waals surface area contributed by atoms with Crippen LogP contribution in [0.5, 0.6) is 0 Å². The Morgan fingerprint density at radius 1 is 1.18 bits per heavy atom. The monoisotopic (exact) mass is 247 g/mol. The third kappa shape index (κ3) is 2.56. The highest BCUT2D eigenvalue weighted by Gasteiger charge is 2.08. The first-order chi connectivity index (χ1) is 8.08. The van der Waals surface area contributed by atoms with Gasteiger partial charge in [0.2, 0.25) is 5.28 Å². The highest BCUT2D eigenvalue weighted by Crippen LogP contribution is 2.26. The number of hydrogen-bond acceptors (Lipinski definition) is 3. The van der Waals surface area contributed by atoms with E-state index in [9.17, 15) is 0 Å². The molecule has 2 rings (SSSR count). The maximum absolute atomic E-state index is 5.79. The third-order valence-corrected chi connectivity index (χ3v) is 2.85. The van der Waals surface area contributed by atoms with Crippen LogP contribution in [0, 0.1) is 13.8 Å². The average molecular weight is 248 g/mol.